The van der Waals surface area contributed by atoms with E-state index in [1.165, 1.54) is 26.2 Å². The van der Waals surface area contributed by atoms with E-state index < -0.39 is 64.5 Å². The minimum atomic E-state index is -4.99. The molecule has 20 heteroatoms. The van der Waals surface area contributed by atoms with Crippen LogP contribution in [-0.4, -0.2) is 101 Å². The summed E-state index contributed by atoms with van der Waals surface area (Å²) in [6.45, 7) is 4.77. The third-order valence-corrected chi connectivity index (χ3v) is 13.2. The zero-order valence-corrected chi connectivity index (χ0v) is 29.9. The first-order valence-corrected chi connectivity index (χ1v) is 19.3. The SMILES string of the molecule is CC1(C)[C@H]([AsH]C(=O)/C(=N\O[C@](C)(C(=O)O)[C@H]2CCc3cc(C(=N)NCCC4(N)CC4)ccc3O2)c2csc(N)n2)C(=O)N1OS(=O)(=O)O. The van der Waals surface area contributed by atoms with E-state index >= 15 is 0 Å². The van der Waals surface area contributed by atoms with Crippen LogP contribution in [0.25, 0.3) is 0 Å². The molecule has 1 aromatic heterocycles. The van der Waals surface area contributed by atoms with Gasteiger partial charge in [0.15, 0.2) is 0 Å². The molecule has 3 aliphatic rings. The van der Waals surface area contributed by atoms with Crippen LogP contribution in [0.4, 0.5) is 5.13 Å². The molecule has 1 saturated carbocycles. The van der Waals surface area contributed by atoms with E-state index in [0.717, 1.165) is 36.2 Å². The number of hydroxylamine groups is 2. The summed E-state index contributed by atoms with van der Waals surface area (Å²) in [6, 6.07) is 5.17. The number of carbonyl (C=O) groups is 3. The average molecular weight is 770 g/mol. The maximum atomic E-state index is 13.6. The molecule has 8 N–H and O–H groups in total. The van der Waals surface area contributed by atoms with Gasteiger partial charge in [-0.05, 0) is 19.3 Å². The molecule has 1 saturated heterocycles. The number of carboxylic acids is 1. The van der Waals surface area contributed by atoms with Gasteiger partial charge in [0.1, 0.15) is 0 Å². The van der Waals surface area contributed by atoms with Crippen molar-refractivity contribution in [3.63, 3.8) is 0 Å². The number of ether oxygens (including phenoxy) is 1. The molecule has 0 bridgehead atoms. The first-order valence-electron chi connectivity index (χ1n) is 14.8. The third-order valence-electron chi connectivity index (χ3n) is 8.58. The van der Waals surface area contributed by atoms with Crippen molar-refractivity contribution in [3.05, 3.63) is 40.4 Å². The molecule has 2 aliphatic heterocycles. The minimum absolute atomic E-state index is 0.00636. The number of hydrogen-bond donors (Lipinski definition) is 6. The molecule has 0 radical (unpaired) electrons. The number of nitrogen functional groups attached to an aromatic ring is 1. The number of thiazole rings is 1. The fourth-order valence-corrected chi connectivity index (χ4v) is 8.97. The summed E-state index contributed by atoms with van der Waals surface area (Å²) in [5.41, 5.74) is 9.50. The number of nitrogens with two attached hydrogens (primary N) is 2. The van der Waals surface area contributed by atoms with Crippen LogP contribution in [0.1, 0.15) is 63.3 Å². The molecule has 1 unspecified atom stereocenters. The molecular formula is C28H36AsN7O10S2. The Morgan fingerprint density at radius 1 is 1.35 bits per heavy atom. The second-order valence-corrected chi connectivity index (χ2v) is 17.3. The van der Waals surface area contributed by atoms with E-state index in [-0.39, 0.29) is 34.3 Å². The van der Waals surface area contributed by atoms with E-state index in [4.69, 9.17) is 31.0 Å². The summed E-state index contributed by atoms with van der Waals surface area (Å²) >= 11 is -0.954. The second-order valence-electron chi connectivity index (χ2n) is 12.6. The van der Waals surface area contributed by atoms with Crippen LogP contribution < -0.4 is 21.5 Å². The van der Waals surface area contributed by atoms with Crippen LogP contribution in [0.3, 0.4) is 0 Å². The summed E-state index contributed by atoms with van der Waals surface area (Å²) in [6.07, 6.45) is 2.32. The molecule has 5 rings (SSSR count). The van der Waals surface area contributed by atoms with E-state index in [2.05, 4.69) is 19.7 Å². The van der Waals surface area contributed by atoms with Crippen molar-refractivity contribution in [1.29, 1.82) is 5.41 Å². The number of anilines is 1. The van der Waals surface area contributed by atoms with Crippen molar-refractivity contribution >= 4 is 70.6 Å². The van der Waals surface area contributed by atoms with Gasteiger partial charge in [-0.3, -0.25) is 5.41 Å². The number of aliphatic carboxylic acids is 1. The fraction of sp³-hybridized carbons (Fsp3) is 0.500. The first kappa shape index (κ1) is 35.7. The molecule has 1 amide bonds. The van der Waals surface area contributed by atoms with Gasteiger partial charge in [0.2, 0.25) is 0 Å². The molecule has 2 aromatic rings. The number of benzene rings is 1. The number of oxime groups is 1. The van der Waals surface area contributed by atoms with Crippen LogP contribution in [0.2, 0.25) is 4.71 Å². The van der Waals surface area contributed by atoms with Gasteiger partial charge < -0.3 is 11.1 Å². The van der Waals surface area contributed by atoms with Crippen LogP contribution in [0.15, 0.2) is 28.7 Å². The van der Waals surface area contributed by atoms with Gasteiger partial charge in [-0.25, -0.2) is 0 Å². The van der Waals surface area contributed by atoms with Crippen LogP contribution in [0, 0.1) is 5.41 Å². The van der Waals surface area contributed by atoms with Crippen molar-refractivity contribution in [2.75, 3.05) is 12.3 Å². The standard InChI is InChI=1S/C28H36AsN7O10S2/c1-26(2)20(23(38)36(26)46-48(41,42)43)29-21(37)19(16-13-47-25(31)34-16)35-45-27(3,24(39)40)18-7-5-14-12-15(4-6-17(14)44-18)22(30)33-11-10-28(32)8-9-28/h4,6,12-13,18,20,29H,5,7-11,32H2,1-3H3,(H2,30,33)(H2,31,34)(H,39,40)(H,41,42,43)/b35-19-/t18-,20-,27+/m1/s1. The topological polar surface area (TPSA) is 270 Å². The van der Waals surface area contributed by atoms with Crippen LogP contribution in [0.5, 0.6) is 5.75 Å². The Morgan fingerprint density at radius 3 is 2.65 bits per heavy atom. The number of carbonyl (C=O) groups excluding carboxylic acids is 2. The van der Waals surface area contributed by atoms with Gasteiger partial charge in [0, 0.05) is 12.1 Å². The Kier molecular flexibility index (Phi) is 9.68. The number of hydrogen-bond acceptors (Lipinski definition) is 14. The van der Waals surface area contributed by atoms with Crippen molar-refractivity contribution in [2.24, 2.45) is 10.9 Å². The summed E-state index contributed by atoms with van der Waals surface area (Å²) in [5.74, 6) is -1.58. The maximum absolute atomic E-state index is 13.6. The summed E-state index contributed by atoms with van der Waals surface area (Å²) < 4.78 is 40.2. The molecule has 3 heterocycles. The molecule has 0 spiro atoms. The van der Waals surface area contributed by atoms with Crippen LogP contribution in [-0.2, 0) is 40.3 Å². The Labute approximate surface area is 286 Å². The Bertz CT molecular complexity index is 1800. The van der Waals surface area contributed by atoms with Gasteiger partial charge in [-0.2, -0.15) is 0 Å². The van der Waals surface area contributed by atoms with E-state index in [1.807, 2.05) is 6.07 Å². The number of rotatable bonds is 14. The predicted octanol–water partition coefficient (Wildman–Crippen LogP) is 0.586. The predicted molar refractivity (Wildman–Crippen MR) is 174 cm³/mol. The number of β-lactam (4-membered cyclic amide) rings is 1. The van der Waals surface area contributed by atoms with Crippen molar-refractivity contribution in [3.8, 4) is 5.75 Å². The summed E-state index contributed by atoms with van der Waals surface area (Å²) in [7, 11) is -4.99. The number of nitrogens with one attached hydrogen (secondary N) is 2. The van der Waals surface area contributed by atoms with Gasteiger partial charge in [0.05, 0.1) is 0 Å². The molecule has 48 heavy (non-hydrogen) atoms. The number of amidine groups is 1. The average Bonchev–Trinajstić information content (AvgIpc) is 3.60. The van der Waals surface area contributed by atoms with E-state index in [9.17, 15) is 27.9 Å². The Balaban J connectivity index is 1.31. The molecular weight excluding hydrogens is 733 g/mol. The van der Waals surface area contributed by atoms with Gasteiger partial charge >= 0.3 is 240 Å². The zero-order chi connectivity index (χ0) is 35.2. The number of aryl methyl sites for hydroxylation is 1. The summed E-state index contributed by atoms with van der Waals surface area (Å²) in [5, 5.41) is 27.7. The number of amides is 1. The number of aromatic nitrogens is 1. The van der Waals surface area contributed by atoms with Crippen molar-refractivity contribution in [2.45, 2.75) is 80.4 Å². The molecule has 1 aliphatic carbocycles. The summed E-state index contributed by atoms with van der Waals surface area (Å²) in [4.78, 5) is 48.6. The quantitative estimate of drug-likeness (QED) is 0.0384. The van der Waals surface area contributed by atoms with Crippen LogP contribution >= 0.6 is 11.3 Å². The normalized spacial score (nSPS) is 22.6. The number of fused-ring (bicyclic) bond motifs is 1. The molecule has 4 atom stereocenters. The Hall–Kier alpha value is -3.61. The monoisotopic (exact) mass is 769 g/mol. The molecule has 260 valence electrons. The van der Waals surface area contributed by atoms with Crippen molar-refractivity contribution < 1.29 is 46.3 Å². The molecule has 17 nitrogen and oxygen atoms in total. The van der Waals surface area contributed by atoms with Gasteiger partial charge in [-0.1, -0.05) is 0 Å². The van der Waals surface area contributed by atoms with E-state index in [1.54, 1.807) is 12.1 Å². The third kappa shape index (κ3) is 7.50. The zero-order valence-electron chi connectivity index (χ0n) is 26.2. The second kappa shape index (κ2) is 13.0. The molecule has 2 fully saturated rings. The Morgan fingerprint density at radius 2 is 2.06 bits per heavy atom. The van der Waals surface area contributed by atoms with Gasteiger partial charge in [-0.15, -0.1) is 0 Å². The molecule has 1 aromatic carbocycles. The van der Waals surface area contributed by atoms with E-state index in [0.29, 0.717) is 29.3 Å². The number of carboxylic acid groups (broad SMARTS) is 1. The van der Waals surface area contributed by atoms with Crippen molar-refractivity contribution in [1.82, 2.24) is 15.4 Å². The van der Waals surface area contributed by atoms with Gasteiger partial charge in [0.25, 0.3) is 0 Å². The number of nitrogens with zero attached hydrogens (tertiary/aromatic N) is 3. The first-order chi connectivity index (χ1) is 22.3. The fourth-order valence-electron chi connectivity index (χ4n) is 5.28.